The topological polar surface area (TPSA) is 103 Å². The smallest absolute Gasteiger partial charge is 0.409 e. The Bertz CT molecular complexity index is 755. The van der Waals surface area contributed by atoms with Gasteiger partial charge in [0.2, 0.25) is 5.95 Å². The van der Waals surface area contributed by atoms with Crippen molar-refractivity contribution < 1.29 is 9.53 Å². The lowest BCUT2D eigenvalue weighted by Crippen LogP contribution is -2.42. The fourth-order valence-electron chi connectivity index (χ4n) is 1.53. The van der Waals surface area contributed by atoms with Gasteiger partial charge in [-0.1, -0.05) is 11.8 Å². The first kappa shape index (κ1) is 16.2. The van der Waals surface area contributed by atoms with E-state index in [1.807, 2.05) is 20.8 Å². The highest BCUT2D eigenvalue weighted by molar-refractivity contribution is 5.71. The minimum absolute atomic E-state index is 0.192. The molecule has 7 nitrogen and oxygen atoms in total. The summed E-state index contributed by atoms with van der Waals surface area (Å²) in [6.07, 6.45) is 5.52. The Hall–Kier alpha value is -3.14. The SMILES string of the molecule is CC(C)(C)NC(=O)Oc1cncc(C#Cc2cnc(N)nc2)c1. The highest BCUT2D eigenvalue weighted by atomic mass is 16.6. The van der Waals surface area contributed by atoms with Crippen LogP contribution < -0.4 is 15.8 Å². The number of rotatable bonds is 1. The van der Waals surface area contributed by atoms with Crippen LogP contribution in [0.1, 0.15) is 31.9 Å². The van der Waals surface area contributed by atoms with E-state index in [1.165, 1.54) is 18.6 Å². The second-order valence-electron chi connectivity index (χ2n) is 5.75. The Kier molecular flexibility index (Phi) is 4.76. The molecule has 1 amide bonds. The van der Waals surface area contributed by atoms with E-state index >= 15 is 0 Å². The summed E-state index contributed by atoms with van der Waals surface area (Å²) in [7, 11) is 0. The maximum atomic E-state index is 11.7. The van der Waals surface area contributed by atoms with Crippen LogP contribution in [0.5, 0.6) is 5.75 Å². The van der Waals surface area contributed by atoms with E-state index in [-0.39, 0.29) is 11.5 Å². The number of nitrogen functional groups attached to an aromatic ring is 1. The zero-order valence-corrected chi connectivity index (χ0v) is 13.1. The average molecular weight is 311 g/mol. The van der Waals surface area contributed by atoms with E-state index in [1.54, 1.807) is 12.3 Å². The minimum Gasteiger partial charge on any atom is -0.409 e. The number of aromatic nitrogens is 3. The Morgan fingerprint density at radius 3 is 2.43 bits per heavy atom. The van der Waals surface area contributed by atoms with Crippen LogP contribution >= 0.6 is 0 Å². The second kappa shape index (κ2) is 6.75. The number of pyridine rings is 1. The molecule has 0 atom stereocenters. The summed E-state index contributed by atoms with van der Waals surface area (Å²) in [5.74, 6) is 6.28. The van der Waals surface area contributed by atoms with Gasteiger partial charge in [0.25, 0.3) is 0 Å². The van der Waals surface area contributed by atoms with Gasteiger partial charge in [-0.2, -0.15) is 0 Å². The summed E-state index contributed by atoms with van der Waals surface area (Å²) in [6, 6.07) is 1.63. The summed E-state index contributed by atoms with van der Waals surface area (Å²) in [6.45, 7) is 5.59. The fraction of sp³-hybridized carbons (Fsp3) is 0.250. The minimum atomic E-state index is -0.545. The third-order valence-corrected chi connectivity index (χ3v) is 2.42. The zero-order valence-electron chi connectivity index (χ0n) is 13.1. The Morgan fingerprint density at radius 1 is 1.13 bits per heavy atom. The van der Waals surface area contributed by atoms with Crippen LogP contribution in [0.3, 0.4) is 0 Å². The number of nitrogens with zero attached hydrogens (tertiary/aromatic N) is 3. The largest absolute Gasteiger partial charge is 0.413 e. The van der Waals surface area contributed by atoms with Crippen LogP contribution in [0.15, 0.2) is 30.9 Å². The predicted molar refractivity (Wildman–Crippen MR) is 85.6 cm³/mol. The summed E-state index contributed by atoms with van der Waals surface area (Å²) in [5, 5.41) is 2.70. The molecule has 2 aromatic rings. The second-order valence-corrected chi connectivity index (χ2v) is 5.75. The van der Waals surface area contributed by atoms with Gasteiger partial charge < -0.3 is 15.8 Å². The molecular weight excluding hydrogens is 294 g/mol. The quantitative estimate of drug-likeness (QED) is 0.778. The van der Waals surface area contributed by atoms with Gasteiger partial charge in [-0.05, 0) is 26.8 Å². The number of amides is 1. The summed E-state index contributed by atoms with van der Waals surface area (Å²) in [5.41, 5.74) is 6.25. The van der Waals surface area contributed by atoms with Crippen LogP contribution in [-0.2, 0) is 0 Å². The molecule has 3 N–H and O–H groups in total. The molecule has 0 saturated heterocycles. The van der Waals surface area contributed by atoms with E-state index in [9.17, 15) is 4.79 Å². The van der Waals surface area contributed by atoms with E-state index in [0.29, 0.717) is 16.9 Å². The first-order valence-corrected chi connectivity index (χ1v) is 6.86. The number of nitrogens with two attached hydrogens (primary N) is 1. The van der Waals surface area contributed by atoms with Gasteiger partial charge in [0.1, 0.15) is 0 Å². The van der Waals surface area contributed by atoms with E-state index in [4.69, 9.17) is 10.5 Å². The van der Waals surface area contributed by atoms with Crippen molar-refractivity contribution in [1.82, 2.24) is 20.3 Å². The lowest BCUT2D eigenvalue weighted by Gasteiger charge is -2.19. The number of anilines is 1. The molecule has 118 valence electrons. The molecule has 0 unspecified atom stereocenters. The molecule has 0 spiro atoms. The predicted octanol–water partition coefficient (Wildman–Crippen LogP) is 1.74. The van der Waals surface area contributed by atoms with Gasteiger partial charge in [0, 0.05) is 29.7 Å². The molecule has 0 aliphatic carbocycles. The number of hydrogen-bond acceptors (Lipinski definition) is 6. The number of carbonyl (C=O) groups is 1. The van der Waals surface area contributed by atoms with Crippen molar-refractivity contribution in [2.45, 2.75) is 26.3 Å². The molecule has 0 aliphatic heterocycles. The van der Waals surface area contributed by atoms with Crippen molar-refractivity contribution in [1.29, 1.82) is 0 Å². The van der Waals surface area contributed by atoms with Crippen molar-refractivity contribution in [2.24, 2.45) is 0 Å². The monoisotopic (exact) mass is 311 g/mol. The molecule has 7 heteroatoms. The van der Waals surface area contributed by atoms with Crippen molar-refractivity contribution in [3.05, 3.63) is 42.0 Å². The molecule has 0 aromatic carbocycles. The highest BCUT2D eigenvalue weighted by Gasteiger charge is 2.15. The Morgan fingerprint density at radius 2 is 1.78 bits per heavy atom. The maximum Gasteiger partial charge on any atom is 0.413 e. The van der Waals surface area contributed by atoms with Gasteiger partial charge in [-0.3, -0.25) is 4.98 Å². The van der Waals surface area contributed by atoms with Crippen LogP contribution in [0.2, 0.25) is 0 Å². The number of hydrogen-bond donors (Lipinski definition) is 2. The Labute approximate surface area is 134 Å². The number of nitrogens with one attached hydrogen (secondary N) is 1. The summed E-state index contributed by atoms with van der Waals surface area (Å²) < 4.78 is 5.18. The maximum absolute atomic E-state index is 11.7. The van der Waals surface area contributed by atoms with Crippen LogP contribution in [0, 0.1) is 11.8 Å². The van der Waals surface area contributed by atoms with Gasteiger partial charge in [0.05, 0.1) is 11.8 Å². The first-order valence-electron chi connectivity index (χ1n) is 6.86. The molecule has 0 saturated carbocycles. The van der Waals surface area contributed by atoms with E-state index in [2.05, 4.69) is 32.1 Å². The van der Waals surface area contributed by atoms with Crippen molar-refractivity contribution in [3.63, 3.8) is 0 Å². The molecular formula is C16H17N5O2. The lowest BCUT2D eigenvalue weighted by molar-refractivity contribution is 0.190. The van der Waals surface area contributed by atoms with Gasteiger partial charge >= 0.3 is 6.09 Å². The zero-order chi connectivity index (χ0) is 16.9. The van der Waals surface area contributed by atoms with Crippen LogP contribution in [0.4, 0.5) is 10.7 Å². The molecule has 23 heavy (non-hydrogen) atoms. The fourth-order valence-corrected chi connectivity index (χ4v) is 1.53. The normalized spacial score (nSPS) is 10.4. The summed E-state index contributed by atoms with van der Waals surface area (Å²) >= 11 is 0. The number of ether oxygens (including phenoxy) is 1. The molecule has 2 rings (SSSR count). The average Bonchev–Trinajstić information content (AvgIpc) is 2.45. The third-order valence-electron chi connectivity index (χ3n) is 2.42. The molecule has 2 aromatic heterocycles. The molecule has 0 fully saturated rings. The highest BCUT2D eigenvalue weighted by Crippen LogP contribution is 2.11. The van der Waals surface area contributed by atoms with Crippen molar-refractivity contribution in [3.8, 4) is 17.6 Å². The van der Waals surface area contributed by atoms with Gasteiger partial charge in [-0.25, -0.2) is 14.8 Å². The lowest BCUT2D eigenvalue weighted by atomic mass is 10.1. The Balaban J connectivity index is 2.08. The summed E-state index contributed by atoms with van der Waals surface area (Å²) in [4.78, 5) is 23.4. The third kappa shape index (κ3) is 5.63. The van der Waals surface area contributed by atoms with Gasteiger partial charge in [0.15, 0.2) is 5.75 Å². The van der Waals surface area contributed by atoms with Crippen molar-refractivity contribution >= 4 is 12.0 Å². The van der Waals surface area contributed by atoms with E-state index < -0.39 is 6.09 Å². The van der Waals surface area contributed by atoms with Gasteiger partial charge in [-0.15, -0.1) is 0 Å². The van der Waals surface area contributed by atoms with Crippen molar-refractivity contribution in [2.75, 3.05) is 5.73 Å². The van der Waals surface area contributed by atoms with Crippen LogP contribution in [0.25, 0.3) is 0 Å². The molecule has 2 heterocycles. The molecule has 0 bridgehead atoms. The molecule has 0 aliphatic rings. The standard InChI is InChI=1S/C16H17N5O2/c1-16(2,3)21-15(22)23-13-6-11(7-18-10-13)4-5-12-8-19-14(17)20-9-12/h6-10H,1-3H3,(H,21,22)(H2,17,19,20). The van der Waals surface area contributed by atoms with Crippen LogP contribution in [-0.4, -0.2) is 26.6 Å². The number of carbonyl (C=O) groups excluding carboxylic acids is 1. The first-order chi connectivity index (χ1) is 10.8. The van der Waals surface area contributed by atoms with E-state index in [0.717, 1.165) is 0 Å². The molecule has 0 radical (unpaired) electrons.